The summed E-state index contributed by atoms with van der Waals surface area (Å²) in [5.74, 6) is -0.425. The van der Waals surface area contributed by atoms with Crippen LogP contribution in [0.4, 0.5) is 4.79 Å². The first-order valence-electron chi connectivity index (χ1n) is 4.22. The third kappa shape index (κ3) is 1.94. The molecule has 2 heterocycles. The van der Waals surface area contributed by atoms with Crippen LogP contribution in [-0.2, 0) is 4.79 Å². The van der Waals surface area contributed by atoms with Gasteiger partial charge in [-0.1, -0.05) is 11.8 Å². The molecule has 0 bridgehead atoms. The second-order valence-corrected chi connectivity index (χ2v) is 3.86. The average molecular weight is 225 g/mol. The number of carbonyl (C=O) groups is 3. The van der Waals surface area contributed by atoms with Crippen LogP contribution in [0.2, 0.25) is 0 Å². The van der Waals surface area contributed by atoms with Gasteiger partial charge in [-0.05, 0) is 12.1 Å². The minimum Gasteiger partial charge on any atom is -0.461 e. The number of hydrogen-bond donors (Lipinski definition) is 0. The summed E-state index contributed by atoms with van der Waals surface area (Å²) in [5.41, 5.74) is 0. The van der Waals surface area contributed by atoms with Crippen LogP contribution in [0.5, 0.6) is 0 Å². The third-order valence-electron chi connectivity index (χ3n) is 1.94. The molecular weight excluding hydrogens is 218 g/mol. The Morgan fingerprint density at radius 1 is 1.53 bits per heavy atom. The zero-order chi connectivity index (χ0) is 10.8. The first-order valence-corrected chi connectivity index (χ1v) is 5.21. The number of Topliss-reactive ketones (excluding diaryl/α,β-unsaturated/α-hetero) is 1. The molecule has 78 valence electrons. The van der Waals surface area contributed by atoms with Crippen molar-refractivity contribution >= 4 is 28.7 Å². The van der Waals surface area contributed by atoms with E-state index in [0.29, 0.717) is 0 Å². The van der Waals surface area contributed by atoms with Crippen LogP contribution in [0.1, 0.15) is 10.6 Å². The molecule has 0 aliphatic carbocycles. The van der Waals surface area contributed by atoms with Crippen LogP contribution in [0.3, 0.4) is 0 Å². The number of carbonyl (C=O) groups excluding carboxylic acids is 3. The Morgan fingerprint density at radius 2 is 2.33 bits per heavy atom. The Balaban J connectivity index is 2.06. The average Bonchev–Trinajstić information content (AvgIpc) is 2.82. The first-order chi connectivity index (χ1) is 7.18. The summed E-state index contributed by atoms with van der Waals surface area (Å²) in [5, 5.41) is -0.375. The Morgan fingerprint density at radius 3 is 2.87 bits per heavy atom. The van der Waals surface area contributed by atoms with E-state index in [2.05, 4.69) is 0 Å². The molecule has 0 saturated carbocycles. The van der Waals surface area contributed by atoms with Gasteiger partial charge in [0.2, 0.25) is 11.7 Å². The highest BCUT2D eigenvalue weighted by Crippen LogP contribution is 2.19. The van der Waals surface area contributed by atoms with Gasteiger partial charge in [0.05, 0.1) is 18.6 Å². The summed E-state index contributed by atoms with van der Waals surface area (Å²) in [4.78, 5) is 34.8. The van der Waals surface area contributed by atoms with Gasteiger partial charge in [-0.25, -0.2) is 0 Å². The summed E-state index contributed by atoms with van der Waals surface area (Å²) in [6.45, 7) is -0.238. The highest BCUT2D eigenvalue weighted by molar-refractivity contribution is 8.14. The van der Waals surface area contributed by atoms with Crippen LogP contribution in [-0.4, -0.2) is 34.1 Å². The van der Waals surface area contributed by atoms with Crippen molar-refractivity contribution < 1.29 is 18.8 Å². The predicted octanol–water partition coefficient (Wildman–Crippen LogP) is 1.16. The minimum atomic E-state index is -0.375. The van der Waals surface area contributed by atoms with Gasteiger partial charge in [-0.2, -0.15) is 0 Å². The summed E-state index contributed by atoms with van der Waals surface area (Å²) in [6, 6.07) is 3.08. The molecule has 0 aromatic carbocycles. The maximum absolute atomic E-state index is 11.5. The van der Waals surface area contributed by atoms with E-state index in [9.17, 15) is 14.4 Å². The van der Waals surface area contributed by atoms with Gasteiger partial charge in [0.1, 0.15) is 0 Å². The second kappa shape index (κ2) is 3.90. The van der Waals surface area contributed by atoms with Crippen molar-refractivity contribution in [3.05, 3.63) is 24.2 Å². The number of ketones is 1. The lowest BCUT2D eigenvalue weighted by atomic mass is 10.3. The maximum atomic E-state index is 11.5. The number of thioether (sulfide) groups is 1. The van der Waals surface area contributed by atoms with Gasteiger partial charge in [0.25, 0.3) is 5.24 Å². The van der Waals surface area contributed by atoms with Crippen molar-refractivity contribution in [1.82, 2.24) is 4.90 Å². The lowest BCUT2D eigenvalue weighted by Gasteiger charge is -2.09. The van der Waals surface area contributed by atoms with Gasteiger partial charge >= 0.3 is 0 Å². The van der Waals surface area contributed by atoms with E-state index in [1.807, 2.05) is 0 Å². The van der Waals surface area contributed by atoms with Gasteiger partial charge in [0, 0.05) is 0 Å². The number of rotatable bonds is 3. The molecule has 1 aliphatic heterocycles. The number of nitrogens with zero attached hydrogens (tertiary/aromatic N) is 1. The molecule has 1 aliphatic rings. The molecule has 0 spiro atoms. The number of imide groups is 1. The number of hydrogen-bond acceptors (Lipinski definition) is 5. The lowest BCUT2D eigenvalue weighted by molar-refractivity contribution is -0.124. The summed E-state index contributed by atoms with van der Waals surface area (Å²) >= 11 is 0.907. The van der Waals surface area contributed by atoms with Gasteiger partial charge in [-0.15, -0.1) is 0 Å². The Kier molecular flexibility index (Phi) is 2.59. The lowest BCUT2D eigenvalue weighted by Crippen LogP contribution is -2.33. The van der Waals surface area contributed by atoms with Crippen molar-refractivity contribution in [2.24, 2.45) is 0 Å². The van der Waals surface area contributed by atoms with Crippen molar-refractivity contribution in [2.45, 2.75) is 0 Å². The van der Waals surface area contributed by atoms with Crippen molar-refractivity contribution in [3.63, 3.8) is 0 Å². The summed E-state index contributed by atoms with van der Waals surface area (Å²) in [7, 11) is 0. The molecule has 0 atom stereocenters. The van der Waals surface area contributed by atoms with Crippen molar-refractivity contribution in [2.75, 3.05) is 12.3 Å². The monoisotopic (exact) mass is 225 g/mol. The van der Waals surface area contributed by atoms with E-state index in [4.69, 9.17) is 4.42 Å². The zero-order valence-electron chi connectivity index (χ0n) is 7.63. The topological polar surface area (TPSA) is 67.6 Å². The fourth-order valence-electron chi connectivity index (χ4n) is 1.19. The Labute approximate surface area is 89.4 Å². The van der Waals surface area contributed by atoms with Gasteiger partial charge in [0.15, 0.2) is 5.76 Å². The van der Waals surface area contributed by atoms with Crippen LogP contribution in [0.25, 0.3) is 0 Å². The molecule has 15 heavy (non-hydrogen) atoms. The van der Waals surface area contributed by atoms with E-state index < -0.39 is 0 Å². The maximum Gasteiger partial charge on any atom is 0.289 e. The Hall–Kier alpha value is -1.56. The summed E-state index contributed by atoms with van der Waals surface area (Å²) < 4.78 is 4.87. The van der Waals surface area contributed by atoms with Gasteiger partial charge < -0.3 is 4.42 Å². The molecule has 2 rings (SSSR count). The van der Waals surface area contributed by atoms with Crippen LogP contribution >= 0.6 is 11.8 Å². The van der Waals surface area contributed by atoms with E-state index in [1.165, 1.54) is 12.3 Å². The smallest absolute Gasteiger partial charge is 0.289 e. The predicted molar refractivity (Wildman–Crippen MR) is 52.6 cm³/mol. The van der Waals surface area contributed by atoms with E-state index in [1.54, 1.807) is 6.07 Å². The molecule has 1 fully saturated rings. The molecule has 0 radical (unpaired) electrons. The highest BCUT2D eigenvalue weighted by atomic mass is 32.2. The molecule has 1 saturated heterocycles. The molecule has 6 heteroatoms. The molecule has 5 nitrogen and oxygen atoms in total. The first kappa shape index (κ1) is 9.97. The van der Waals surface area contributed by atoms with Crippen molar-refractivity contribution in [1.29, 1.82) is 0 Å². The normalized spacial score (nSPS) is 16.1. The van der Waals surface area contributed by atoms with E-state index >= 15 is 0 Å². The standard InChI is InChI=1S/C9H7NO4S/c11-6(7-2-1-3-14-7)4-10-8(12)5-15-9(10)13/h1-3H,4-5H2. The molecular formula is C9H7NO4S. The SMILES string of the molecule is O=C(CN1C(=O)CSC1=O)c1ccco1. The summed E-state index contributed by atoms with van der Waals surface area (Å²) in [6.07, 6.45) is 1.37. The second-order valence-electron chi connectivity index (χ2n) is 2.93. The molecule has 1 aromatic rings. The third-order valence-corrected chi connectivity index (χ3v) is 2.80. The molecule has 0 unspecified atom stereocenters. The molecule has 1 aromatic heterocycles. The highest BCUT2D eigenvalue weighted by Gasteiger charge is 2.32. The minimum absolute atomic E-state index is 0.115. The molecule has 0 N–H and O–H groups in total. The van der Waals surface area contributed by atoms with Crippen molar-refractivity contribution in [3.8, 4) is 0 Å². The fourth-order valence-corrected chi connectivity index (χ4v) is 1.92. The number of furan rings is 1. The van der Waals surface area contributed by atoms with E-state index in [-0.39, 0.29) is 35.0 Å². The van der Waals surface area contributed by atoms with Crippen LogP contribution in [0, 0.1) is 0 Å². The van der Waals surface area contributed by atoms with Crippen LogP contribution in [0.15, 0.2) is 22.8 Å². The quantitative estimate of drug-likeness (QED) is 0.722. The largest absolute Gasteiger partial charge is 0.461 e. The number of amides is 2. The fraction of sp³-hybridized carbons (Fsp3) is 0.222. The Bertz CT molecular complexity index is 396. The van der Waals surface area contributed by atoms with Gasteiger partial charge in [-0.3, -0.25) is 19.3 Å². The van der Waals surface area contributed by atoms with E-state index in [0.717, 1.165) is 16.7 Å². The van der Waals surface area contributed by atoms with Crippen LogP contribution < -0.4 is 0 Å². The molecule has 2 amide bonds. The zero-order valence-corrected chi connectivity index (χ0v) is 8.45.